The van der Waals surface area contributed by atoms with Gasteiger partial charge in [-0.2, -0.15) is 4.52 Å². The first-order valence-electron chi connectivity index (χ1n) is 6.64. The average Bonchev–Trinajstić information content (AvgIpc) is 3.02. The smallest absolute Gasteiger partial charge is 0.199 e. The number of aromatic nitrogens is 5. The van der Waals surface area contributed by atoms with Crippen molar-refractivity contribution in [3.8, 4) is 0 Å². The molecule has 0 amide bonds. The van der Waals surface area contributed by atoms with Crippen LogP contribution in [-0.2, 0) is 6.54 Å². The summed E-state index contributed by atoms with van der Waals surface area (Å²) in [5.41, 5.74) is 1.84. The van der Waals surface area contributed by atoms with Gasteiger partial charge >= 0.3 is 0 Å². The summed E-state index contributed by atoms with van der Waals surface area (Å²) < 4.78 is 1.64. The van der Waals surface area contributed by atoms with E-state index in [1.165, 1.54) is 16.3 Å². The number of anilines is 1. The van der Waals surface area contributed by atoms with Gasteiger partial charge in [-0.15, -0.1) is 5.10 Å². The number of benzene rings is 2. The molecule has 0 spiro atoms. The van der Waals surface area contributed by atoms with Crippen LogP contribution in [0, 0.1) is 0 Å². The maximum atomic E-state index is 4.13. The normalized spacial score (nSPS) is 11.0. The summed E-state index contributed by atoms with van der Waals surface area (Å²) in [6.07, 6.45) is 3.34. The van der Waals surface area contributed by atoms with Gasteiger partial charge in [-0.1, -0.05) is 42.5 Å². The Labute approximate surface area is 120 Å². The fourth-order valence-electron chi connectivity index (χ4n) is 2.43. The summed E-state index contributed by atoms with van der Waals surface area (Å²) in [6, 6.07) is 14.6. The standard InChI is InChI=1S/C15H12N6/c1-2-7-13-11(4-1)5-3-6-12(13)8-17-14-9-16-10-15-18-19-20-21(14)15/h1-7,9-10,17H,8H2. The molecule has 4 aromatic rings. The van der Waals surface area contributed by atoms with Gasteiger partial charge in [-0.25, -0.2) is 0 Å². The highest BCUT2D eigenvalue weighted by Gasteiger charge is 2.05. The molecule has 21 heavy (non-hydrogen) atoms. The van der Waals surface area contributed by atoms with E-state index in [0.29, 0.717) is 12.2 Å². The lowest BCUT2D eigenvalue weighted by Gasteiger charge is -2.09. The van der Waals surface area contributed by atoms with Crippen molar-refractivity contribution in [2.45, 2.75) is 6.54 Å². The maximum absolute atomic E-state index is 4.13. The van der Waals surface area contributed by atoms with Crippen molar-refractivity contribution in [3.63, 3.8) is 0 Å². The van der Waals surface area contributed by atoms with E-state index < -0.39 is 0 Å². The lowest BCUT2D eigenvalue weighted by molar-refractivity contribution is 0.819. The molecular weight excluding hydrogens is 264 g/mol. The second-order valence-electron chi connectivity index (χ2n) is 4.73. The quantitative estimate of drug-likeness (QED) is 0.621. The van der Waals surface area contributed by atoms with Gasteiger partial charge in [0.2, 0.25) is 0 Å². The Morgan fingerprint density at radius 3 is 2.90 bits per heavy atom. The SMILES string of the molecule is c1ccc2c(CNc3cncc4nnnn34)cccc2c1. The van der Waals surface area contributed by atoms with Crippen molar-refractivity contribution in [1.82, 2.24) is 25.0 Å². The third-order valence-corrected chi connectivity index (χ3v) is 3.45. The molecule has 0 atom stereocenters. The predicted octanol–water partition coefficient (Wildman–Crippen LogP) is 2.28. The molecule has 0 radical (unpaired) electrons. The highest BCUT2D eigenvalue weighted by molar-refractivity contribution is 5.85. The Kier molecular flexibility index (Phi) is 2.71. The van der Waals surface area contributed by atoms with Crippen LogP contribution in [0.25, 0.3) is 16.4 Å². The molecule has 0 unspecified atom stereocenters. The Bertz CT molecular complexity index is 909. The van der Waals surface area contributed by atoms with Gasteiger partial charge < -0.3 is 5.32 Å². The first-order chi connectivity index (χ1) is 10.4. The topological polar surface area (TPSA) is 68.0 Å². The average molecular weight is 276 g/mol. The number of rotatable bonds is 3. The third kappa shape index (κ3) is 2.06. The van der Waals surface area contributed by atoms with Crippen LogP contribution in [0.15, 0.2) is 54.9 Å². The molecule has 0 aliphatic rings. The molecule has 6 nitrogen and oxygen atoms in total. The van der Waals surface area contributed by atoms with Crippen molar-refractivity contribution in [3.05, 3.63) is 60.4 Å². The first-order valence-corrected chi connectivity index (χ1v) is 6.64. The summed E-state index contributed by atoms with van der Waals surface area (Å²) in [5.74, 6) is 0.769. The summed E-state index contributed by atoms with van der Waals surface area (Å²) in [6.45, 7) is 0.683. The van der Waals surface area contributed by atoms with Crippen molar-refractivity contribution in [2.24, 2.45) is 0 Å². The second kappa shape index (κ2) is 4.82. The van der Waals surface area contributed by atoms with Crippen molar-refractivity contribution >= 4 is 22.2 Å². The number of hydrogen-bond acceptors (Lipinski definition) is 5. The highest BCUT2D eigenvalue weighted by Crippen LogP contribution is 2.19. The fraction of sp³-hybridized carbons (Fsp3) is 0.0667. The van der Waals surface area contributed by atoms with E-state index in [-0.39, 0.29) is 0 Å². The molecular formula is C15H12N6. The van der Waals surface area contributed by atoms with Crippen LogP contribution in [0.4, 0.5) is 5.82 Å². The third-order valence-electron chi connectivity index (χ3n) is 3.45. The minimum atomic E-state index is 0.623. The minimum absolute atomic E-state index is 0.623. The van der Waals surface area contributed by atoms with E-state index in [0.717, 1.165) is 5.82 Å². The van der Waals surface area contributed by atoms with Crippen molar-refractivity contribution in [1.29, 1.82) is 0 Å². The van der Waals surface area contributed by atoms with Crippen molar-refractivity contribution < 1.29 is 0 Å². The van der Waals surface area contributed by atoms with Crippen LogP contribution in [0.5, 0.6) is 0 Å². The van der Waals surface area contributed by atoms with Crippen LogP contribution in [-0.4, -0.2) is 25.0 Å². The van der Waals surface area contributed by atoms with Crippen molar-refractivity contribution in [2.75, 3.05) is 5.32 Å². The van der Waals surface area contributed by atoms with Gasteiger partial charge in [-0.3, -0.25) is 4.98 Å². The van der Waals surface area contributed by atoms with Crippen LogP contribution >= 0.6 is 0 Å². The summed E-state index contributed by atoms with van der Waals surface area (Å²) in [7, 11) is 0. The molecule has 0 aliphatic heterocycles. The van der Waals surface area contributed by atoms with Gasteiger partial charge in [0.05, 0.1) is 12.4 Å². The number of hydrogen-bond donors (Lipinski definition) is 1. The van der Waals surface area contributed by atoms with E-state index in [2.05, 4.69) is 62.2 Å². The number of fused-ring (bicyclic) bond motifs is 2. The predicted molar refractivity (Wildman–Crippen MR) is 79.9 cm³/mol. The zero-order chi connectivity index (χ0) is 14.1. The first kappa shape index (κ1) is 11.8. The Balaban J connectivity index is 1.68. The van der Waals surface area contributed by atoms with E-state index in [1.54, 1.807) is 16.9 Å². The van der Waals surface area contributed by atoms with E-state index in [9.17, 15) is 0 Å². The molecule has 0 aliphatic carbocycles. The molecule has 4 rings (SSSR count). The maximum Gasteiger partial charge on any atom is 0.199 e. The molecule has 1 N–H and O–H groups in total. The van der Waals surface area contributed by atoms with Gasteiger partial charge in [0, 0.05) is 6.54 Å². The molecule has 0 fully saturated rings. The largest absolute Gasteiger partial charge is 0.365 e. The Morgan fingerprint density at radius 1 is 1.00 bits per heavy atom. The summed E-state index contributed by atoms with van der Waals surface area (Å²) in [5, 5.41) is 17.3. The lowest BCUT2D eigenvalue weighted by atomic mass is 10.0. The molecule has 0 saturated carbocycles. The van der Waals surface area contributed by atoms with Crippen LogP contribution < -0.4 is 5.32 Å². The molecule has 0 saturated heterocycles. The van der Waals surface area contributed by atoms with Gasteiger partial charge in [-0.05, 0) is 26.8 Å². The lowest BCUT2D eigenvalue weighted by Crippen LogP contribution is -2.06. The van der Waals surface area contributed by atoms with Gasteiger partial charge in [0.25, 0.3) is 0 Å². The fourth-order valence-corrected chi connectivity index (χ4v) is 2.43. The van der Waals surface area contributed by atoms with Gasteiger partial charge in [0.15, 0.2) is 11.5 Å². The molecule has 102 valence electrons. The van der Waals surface area contributed by atoms with E-state index in [1.807, 2.05) is 6.07 Å². The van der Waals surface area contributed by atoms with Gasteiger partial charge in [0.1, 0.15) is 0 Å². The molecule has 2 heterocycles. The Hall–Kier alpha value is -3.02. The van der Waals surface area contributed by atoms with E-state index >= 15 is 0 Å². The number of nitrogens with zero attached hydrogens (tertiary/aromatic N) is 5. The molecule has 0 bridgehead atoms. The Morgan fingerprint density at radius 2 is 1.90 bits per heavy atom. The second-order valence-corrected chi connectivity index (χ2v) is 4.73. The van der Waals surface area contributed by atoms with Crippen LogP contribution in [0.3, 0.4) is 0 Å². The number of nitrogens with one attached hydrogen (secondary N) is 1. The van der Waals surface area contributed by atoms with Crippen LogP contribution in [0.1, 0.15) is 5.56 Å². The van der Waals surface area contributed by atoms with Crippen LogP contribution in [0.2, 0.25) is 0 Å². The molecule has 6 heteroatoms. The van der Waals surface area contributed by atoms with E-state index in [4.69, 9.17) is 0 Å². The zero-order valence-corrected chi connectivity index (χ0v) is 11.1. The molecule has 2 aromatic heterocycles. The monoisotopic (exact) mass is 276 g/mol. The highest BCUT2D eigenvalue weighted by atomic mass is 15.5. The zero-order valence-electron chi connectivity index (χ0n) is 11.1. The summed E-state index contributed by atoms with van der Waals surface area (Å²) >= 11 is 0. The minimum Gasteiger partial charge on any atom is -0.365 e. The number of tetrazole rings is 1. The molecule has 2 aromatic carbocycles. The summed E-state index contributed by atoms with van der Waals surface area (Å²) in [4.78, 5) is 4.13.